The minimum atomic E-state index is -4.72. The molecule has 3 aromatic rings. The molecule has 3 rings (SSSR count). The van der Waals surface area contributed by atoms with Crippen molar-refractivity contribution in [3.05, 3.63) is 75.6 Å². The number of alkyl halides is 3. The second-order valence-electron chi connectivity index (χ2n) is 6.39. The highest BCUT2D eigenvalue weighted by atomic mass is 19.4. The molecule has 1 aromatic heterocycles. The Morgan fingerprint density at radius 2 is 1.77 bits per heavy atom. The molecule has 162 valence electrons. The highest BCUT2D eigenvalue weighted by Gasteiger charge is 2.33. The summed E-state index contributed by atoms with van der Waals surface area (Å²) in [6.45, 7) is -0.236. The van der Waals surface area contributed by atoms with Gasteiger partial charge in [0, 0.05) is 24.1 Å². The van der Waals surface area contributed by atoms with E-state index in [2.05, 4.69) is 10.1 Å². The smallest absolute Gasteiger partial charge is 0.417 e. The molecule has 1 heterocycles. The Bertz CT molecular complexity index is 1170. The lowest BCUT2D eigenvalue weighted by Crippen LogP contribution is -2.28. The van der Waals surface area contributed by atoms with E-state index in [4.69, 9.17) is 9.15 Å². The summed E-state index contributed by atoms with van der Waals surface area (Å²) in [6, 6.07) is 10.3. The number of esters is 1. The van der Waals surface area contributed by atoms with Gasteiger partial charge in [0.2, 0.25) is 0 Å². The van der Waals surface area contributed by atoms with Gasteiger partial charge in [-0.1, -0.05) is 12.1 Å². The van der Waals surface area contributed by atoms with E-state index in [1.165, 1.54) is 13.2 Å². The summed E-state index contributed by atoms with van der Waals surface area (Å²) in [7, 11) is 1.27. The quantitative estimate of drug-likeness (QED) is 0.472. The van der Waals surface area contributed by atoms with Crippen molar-refractivity contribution in [2.24, 2.45) is 0 Å². The largest absolute Gasteiger partial charge is 0.484 e. The van der Waals surface area contributed by atoms with E-state index in [0.717, 1.165) is 17.7 Å². The Morgan fingerprint density at radius 1 is 1.06 bits per heavy atom. The molecule has 2 aromatic carbocycles. The average molecular weight is 435 g/mol. The lowest BCUT2D eigenvalue weighted by molar-refractivity contribution is -0.136. The Balaban J connectivity index is 1.61. The highest BCUT2D eigenvalue weighted by molar-refractivity contribution is 5.89. The van der Waals surface area contributed by atoms with Crippen LogP contribution in [0.15, 0.2) is 57.7 Å². The van der Waals surface area contributed by atoms with Crippen LogP contribution in [-0.4, -0.2) is 25.6 Å². The lowest BCUT2D eigenvalue weighted by Gasteiger charge is -2.11. The number of carbonyl (C=O) groups excluding carboxylic acids is 2. The maximum atomic E-state index is 13.1. The third-order valence-corrected chi connectivity index (χ3v) is 4.26. The van der Waals surface area contributed by atoms with Gasteiger partial charge in [-0.2, -0.15) is 13.2 Å². The fourth-order valence-electron chi connectivity index (χ4n) is 2.74. The first kappa shape index (κ1) is 21.9. The topological polar surface area (TPSA) is 94.8 Å². The summed E-state index contributed by atoms with van der Waals surface area (Å²) in [6.07, 6.45) is -4.72. The van der Waals surface area contributed by atoms with Crippen molar-refractivity contribution in [3.8, 4) is 5.75 Å². The zero-order valence-electron chi connectivity index (χ0n) is 16.1. The maximum Gasteiger partial charge on any atom is 0.417 e. The summed E-state index contributed by atoms with van der Waals surface area (Å²) >= 11 is 0. The summed E-state index contributed by atoms with van der Waals surface area (Å²) in [5, 5.41) is 2.31. The molecule has 0 aliphatic carbocycles. The number of nitrogens with one attached hydrogen (secondary N) is 1. The molecule has 0 bridgehead atoms. The standard InChI is InChI=1S/C21H16F3NO6/c1-29-20(28)13-4-2-12(3-5-13)10-25-18(26)11-30-14-6-7-15-16(21(22,23)24)9-19(27)31-17(15)8-14/h2-9H,10-11H2,1H3,(H,25,26). The number of methoxy groups -OCH3 is 1. The van der Waals surface area contributed by atoms with Gasteiger partial charge in [0.25, 0.3) is 5.91 Å². The fraction of sp³-hybridized carbons (Fsp3) is 0.190. The molecule has 1 amide bonds. The van der Waals surface area contributed by atoms with Gasteiger partial charge in [-0.25, -0.2) is 9.59 Å². The minimum absolute atomic E-state index is 0.0626. The van der Waals surface area contributed by atoms with E-state index in [0.29, 0.717) is 11.6 Å². The SMILES string of the molecule is COC(=O)c1ccc(CNC(=O)COc2ccc3c(C(F)(F)F)cc(=O)oc3c2)cc1. The van der Waals surface area contributed by atoms with Crippen molar-refractivity contribution in [1.29, 1.82) is 0 Å². The molecule has 0 aliphatic heterocycles. The van der Waals surface area contributed by atoms with Gasteiger partial charge in [-0.3, -0.25) is 4.79 Å². The number of halogens is 3. The molecule has 1 N–H and O–H groups in total. The van der Waals surface area contributed by atoms with Crippen LogP contribution in [0, 0.1) is 0 Å². The highest BCUT2D eigenvalue weighted by Crippen LogP contribution is 2.34. The molecule has 7 nitrogen and oxygen atoms in total. The molecule has 0 unspecified atom stereocenters. The molecule has 0 aliphatic rings. The predicted molar refractivity (Wildman–Crippen MR) is 103 cm³/mol. The number of benzene rings is 2. The average Bonchev–Trinajstić information content (AvgIpc) is 2.74. The Morgan fingerprint density at radius 3 is 2.42 bits per heavy atom. The fourth-order valence-corrected chi connectivity index (χ4v) is 2.74. The van der Waals surface area contributed by atoms with Crippen LogP contribution in [0.25, 0.3) is 11.0 Å². The van der Waals surface area contributed by atoms with Gasteiger partial charge in [-0.15, -0.1) is 0 Å². The maximum absolute atomic E-state index is 13.1. The van der Waals surface area contributed by atoms with E-state index in [-0.39, 0.29) is 23.3 Å². The van der Waals surface area contributed by atoms with Crippen LogP contribution in [-0.2, 0) is 22.3 Å². The summed E-state index contributed by atoms with van der Waals surface area (Å²) in [4.78, 5) is 34.8. The van der Waals surface area contributed by atoms with E-state index in [1.807, 2.05) is 0 Å². The molecule has 0 fully saturated rings. The summed E-state index contributed by atoms with van der Waals surface area (Å²) < 4.78 is 53.9. The first-order valence-electron chi connectivity index (χ1n) is 8.89. The second kappa shape index (κ2) is 8.90. The molecule has 0 spiro atoms. The second-order valence-corrected chi connectivity index (χ2v) is 6.39. The number of carbonyl (C=O) groups is 2. The predicted octanol–water partition coefficient (Wildman–Crippen LogP) is 3.29. The molecule has 0 radical (unpaired) electrons. The Kier molecular flexibility index (Phi) is 6.28. The van der Waals surface area contributed by atoms with Gasteiger partial charge >= 0.3 is 17.8 Å². The minimum Gasteiger partial charge on any atom is -0.484 e. The molecule has 0 saturated carbocycles. The van der Waals surface area contributed by atoms with Crippen LogP contribution >= 0.6 is 0 Å². The monoisotopic (exact) mass is 435 g/mol. The van der Waals surface area contributed by atoms with Crippen LogP contribution in [0.3, 0.4) is 0 Å². The van der Waals surface area contributed by atoms with E-state index in [9.17, 15) is 27.6 Å². The van der Waals surface area contributed by atoms with Gasteiger partial charge < -0.3 is 19.2 Å². The molecule has 10 heteroatoms. The molecular weight excluding hydrogens is 419 g/mol. The number of amides is 1. The van der Waals surface area contributed by atoms with Crippen molar-refractivity contribution in [1.82, 2.24) is 5.32 Å². The van der Waals surface area contributed by atoms with Crippen molar-refractivity contribution in [3.63, 3.8) is 0 Å². The van der Waals surface area contributed by atoms with Crippen LogP contribution in [0.1, 0.15) is 21.5 Å². The molecular formula is C21H16F3NO6. The molecule has 31 heavy (non-hydrogen) atoms. The van der Waals surface area contributed by atoms with Crippen molar-refractivity contribution in [2.75, 3.05) is 13.7 Å². The zero-order valence-corrected chi connectivity index (χ0v) is 16.1. The van der Waals surface area contributed by atoms with Gasteiger partial charge in [0.05, 0.1) is 18.2 Å². The zero-order chi connectivity index (χ0) is 22.6. The van der Waals surface area contributed by atoms with E-state index < -0.39 is 35.8 Å². The van der Waals surface area contributed by atoms with Crippen molar-refractivity contribution >= 4 is 22.8 Å². The van der Waals surface area contributed by atoms with Crippen molar-refractivity contribution in [2.45, 2.75) is 12.7 Å². The lowest BCUT2D eigenvalue weighted by atomic mass is 10.1. The summed E-state index contributed by atoms with van der Waals surface area (Å²) in [5.74, 6) is -0.896. The molecule has 0 atom stereocenters. The normalized spacial score (nSPS) is 11.2. The summed E-state index contributed by atoms with van der Waals surface area (Å²) in [5.41, 5.74) is -1.46. The first-order chi connectivity index (χ1) is 14.7. The van der Waals surface area contributed by atoms with Gasteiger partial charge in [-0.05, 0) is 29.8 Å². The number of ether oxygens (including phenoxy) is 2. The van der Waals surface area contributed by atoms with Crippen LogP contribution in [0.2, 0.25) is 0 Å². The van der Waals surface area contributed by atoms with E-state index >= 15 is 0 Å². The Hall–Kier alpha value is -3.82. The first-order valence-corrected chi connectivity index (χ1v) is 8.89. The van der Waals surface area contributed by atoms with Gasteiger partial charge in [0.1, 0.15) is 11.3 Å². The number of fused-ring (bicyclic) bond motifs is 1. The van der Waals surface area contributed by atoms with Crippen LogP contribution in [0.4, 0.5) is 13.2 Å². The number of hydrogen-bond donors (Lipinski definition) is 1. The van der Waals surface area contributed by atoms with E-state index in [1.54, 1.807) is 24.3 Å². The third-order valence-electron chi connectivity index (χ3n) is 4.26. The van der Waals surface area contributed by atoms with Crippen LogP contribution < -0.4 is 15.7 Å². The molecule has 0 saturated heterocycles. The van der Waals surface area contributed by atoms with Crippen molar-refractivity contribution < 1.29 is 36.7 Å². The van der Waals surface area contributed by atoms with Crippen LogP contribution in [0.5, 0.6) is 5.75 Å². The number of rotatable bonds is 6. The van der Waals surface area contributed by atoms with Gasteiger partial charge in [0.15, 0.2) is 6.61 Å². The third kappa shape index (κ3) is 5.41. The number of hydrogen-bond acceptors (Lipinski definition) is 6. The Labute approximate surface area is 173 Å².